The van der Waals surface area contributed by atoms with Crippen LogP contribution < -0.4 is 11.1 Å². The Labute approximate surface area is 104 Å². The second kappa shape index (κ2) is 8.63. The van der Waals surface area contributed by atoms with Crippen molar-refractivity contribution in [2.24, 2.45) is 5.73 Å². The lowest BCUT2D eigenvalue weighted by molar-refractivity contribution is -0.135. The summed E-state index contributed by atoms with van der Waals surface area (Å²) in [6.45, 7) is 0.252. The molecule has 0 saturated carbocycles. The van der Waals surface area contributed by atoms with Crippen LogP contribution in [0.1, 0.15) is 25.7 Å². The lowest BCUT2D eigenvalue weighted by Crippen LogP contribution is -2.41. The van der Waals surface area contributed by atoms with E-state index < -0.39 is 18.6 Å². The van der Waals surface area contributed by atoms with E-state index in [2.05, 4.69) is 5.32 Å². The van der Waals surface area contributed by atoms with Gasteiger partial charge in [0.2, 0.25) is 5.91 Å². The highest BCUT2D eigenvalue weighted by Crippen LogP contribution is 2.21. The summed E-state index contributed by atoms with van der Waals surface area (Å²) in [5.74, 6) is 0.508. The first kappa shape index (κ1) is 16.6. The molecule has 0 fully saturated rings. The number of thioether (sulfide) groups is 1. The molecule has 0 bridgehead atoms. The van der Waals surface area contributed by atoms with Crippen LogP contribution in [0.5, 0.6) is 0 Å². The molecule has 0 aliphatic rings. The van der Waals surface area contributed by atoms with Gasteiger partial charge in [0.15, 0.2) is 0 Å². The van der Waals surface area contributed by atoms with Gasteiger partial charge in [-0.1, -0.05) is 0 Å². The quantitative estimate of drug-likeness (QED) is 0.664. The van der Waals surface area contributed by atoms with Crippen LogP contribution in [-0.4, -0.2) is 36.7 Å². The van der Waals surface area contributed by atoms with Crippen LogP contribution in [0, 0.1) is 0 Å². The molecule has 0 aromatic rings. The number of nitrogens with two attached hydrogens (primary N) is 1. The van der Waals surface area contributed by atoms with E-state index in [1.807, 2.05) is 6.26 Å². The molecule has 7 heteroatoms. The monoisotopic (exact) mass is 272 g/mol. The summed E-state index contributed by atoms with van der Waals surface area (Å²) in [6.07, 6.45) is -2.07. The number of hydrogen-bond acceptors (Lipinski definition) is 3. The molecule has 102 valence electrons. The fourth-order valence-electron chi connectivity index (χ4n) is 1.17. The normalized spacial score (nSPS) is 13.5. The van der Waals surface area contributed by atoms with E-state index >= 15 is 0 Å². The largest absolute Gasteiger partial charge is 0.389 e. The van der Waals surface area contributed by atoms with Crippen LogP contribution in [0.3, 0.4) is 0 Å². The maximum absolute atomic E-state index is 11.8. The molecule has 0 rings (SSSR count). The van der Waals surface area contributed by atoms with E-state index in [1.165, 1.54) is 0 Å². The zero-order chi connectivity index (χ0) is 13.3. The van der Waals surface area contributed by atoms with Crippen molar-refractivity contribution in [1.29, 1.82) is 0 Å². The predicted molar refractivity (Wildman–Crippen MR) is 63.9 cm³/mol. The molecule has 0 radical (unpaired) electrons. The summed E-state index contributed by atoms with van der Waals surface area (Å²) < 4.78 is 35.4. The van der Waals surface area contributed by atoms with E-state index in [4.69, 9.17) is 5.73 Å². The molecule has 0 aliphatic carbocycles. The van der Waals surface area contributed by atoms with Gasteiger partial charge in [0.25, 0.3) is 0 Å². The van der Waals surface area contributed by atoms with Gasteiger partial charge < -0.3 is 11.1 Å². The number of carbonyl (C=O) groups excluding carboxylic acids is 1. The maximum Gasteiger partial charge on any atom is 0.389 e. The number of halogens is 3. The van der Waals surface area contributed by atoms with E-state index in [0.717, 1.165) is 5.75 Å². The molecule has 3 N–H and O–H groups in total. The lowest BCUT2D eigenvalue weighted by atomic mass is 10.2. The average Bonchev–Trinajstić information content (AvgIpc) is 2.23. The van der Waals surface area contributed by atoms with Gasteiger partial charge in [-0.05, 0) is 31.3 Å². The van der Waals surface area contributed by atoms with Gasteiger partial charge in [0.1, 0.15) is 0 Å². The van der Waals surface area contributed by atoms with Crippen molar-refractivity contribution in [3.63, 3.8) is 0 Å². The van der Waals surface area contributed by atoms with Gasteiger partial charge in [0, 0.05) is 13.0 Å². The van der Waals surface area contributed by atoms with E-state index in [0.29, 0.717) is 12.8 Å². The number of nitrogens with one attached hydrogen (secondary N) is 1. The first-order chi connectivity index (χ1) is 7.87. The van der Waals surface area contributed by atoms with Crippen LogP contribution in [0.25, 0.3) is 0 Å². The molecule has 17 heavy (non-hydrogen) atoms. The van der Waals surface area contributed by atoms with Crippen LogP contribution in [0.4, 0.5) is 13.2 Å². The molecular formula is C10H19F3N2OS. The number of carbonyl (C=O) groups is 1. The zero-order valence-corrected chi connectivity index (χ0v) is 10.7. The van der Waals surface area contributed by atoms with Gasteiger partial charge in [-0.15, -0.1) is 0 Å². The number of hydrogen-bond donors (Lipinski definition) is 2. The molecule has 3 nitrogen and oxygen atoms in total. The minimum Gasteiger partial charge on any atom is -0.355 e. The second-order valence-corrected chi connectivity index (χ2v) is 4.74. The molecule has 0 aliphatic heterocycles. The Balaban J connectivity index is 3.51. The third-order valence-electron chi connectivity index (χ3n) is 2.16. The Morgan fingerprint density at radius 1 is 1.41 bits per heavy atom. The number of alkyl halides is 3. The summed E-state index contributed by atoms with van der Waals surface area (Å²) in [5, 5.41) is 2.54. The minimum atomic E-state index is -4.11. The number of unbranched alkanes of at least 4 members (excludes halogenated alkanes) is 1. The molecule has 0 aromatic carbocycles. The highest BCUT2D eigenvalue weighted by atomic mass is 32.2. The average molecular weight is 272 g/mol. The third-order valence-corrected chi connectivity index (χ3v) is 2.80. The first-order valence-electron chi connectivity index (χ1n) is 5.46. The Kier molecular flexibility index (Phi) is 8.41. The van der Waals surface area contributed by atoms with Crippen LogP contribution in [0.15, 0.2) is 0 Å². The molecule has 0 unspecified atom stereocenters. The van der Waals surface area contributed by atoms with Gasteiger partial charge in [-0.3, -0.25) is 4.79 Å². The molecule has 1 amide bonds. The van der Waals surface area contributed by atoms with Crippen molar-refractivity contribution >= 4 is 17.7 Å². The highest BCUT2D eigenvalue weighted by Gasteiger charge is 2.25. The zero-order valence-electron chi connectivity index (χ0n) is 9.85. The van der Waals surface area contributed by atoms with Crippen molar-refractivity contribution in [3.8, 4) is 0 Å². The topological polar surface area (TPSA) is 55.1 Å². The third kappa shape index (κ3) is 10.4. The van der Waals surface area contributed by atoms with E-state index in [9.17, 15) is 18.0 Å². The Morgan fingerprint density at radius 2 is 2.06 bits per heavy atom. The van der Waals surface area contributed by atoms with Crippen LogP contribution in [0.2, 0.25) is 0 Å². The van der Waals surface area contributed by atoms with E-state index in [1.54, 1.807) is 11.8 Å². The molecule has 0 aromatic heterocycles. The summed E-state index contributed by atoms with van der Waals surface area (Å²) in [6, 6.07) is -0.565. The number of rotatable bonds is 8. The Bertz CT molecular complexity index is 224. The maximum atomic E-state index is 11.8. The Hall–Kier alpha value is -0.430. The smallest absolute Gasteiger partial charge is 0.355 e. The first-order valence-corrected chi connectivity index (χ1v) is 6.85. The fraction of sp³-hybridized carbons (Fsp3) is 0.900. The summed E-state index contributed by atoms with van der Waals surface area (Å²) >= 11 is 1.60. The highest BCUT2D eigenvalue weighted by molar-refractivity contribution is 7.98. The van der Waals surface area contributed by atoms with Crippen molar-refractivity contribution < 1.29 is 18.0 Å². The molecule has 1 atom stereocenters. The molecule has 0 saturated heterocycles. The summed E-state index contributed by atoms with van der Waals surface area (Å²) in [4.78, 5) is 11.3. The van der Waals surface area contributed by atoms with Gasteiger partial charge in [-0.2, -0.15) is 24.9 Å². The van der Waals surface area contributed by atoms with Gasteiger partial charge >= 0.3 is 6.18 Å². The Morgan fingerprint density at radius 3 is 2.59 bits per heavy atom. The van der Waals surface area contributed by atoms with Crippen molar-refractivity contribution in [2.75, 3.05) is 18.6 Å². The van der Waals surface area contributed by atoms with Crippen LogP contribution in [-0.2, 0) is 4.79 Å². The minimum absolute atomic E-state index is 0.0316. The molecule has 0 spiro atoms. The molecule has 0 heterocycles. The van der Waals surface area contributed by atoms with Gasteiger partial charge in [-0.25, -0.2) is 0 Å². The van der Waals surface area contributed by atoms with Crippen molar-refractivity contribution in [1.82, 2.24) is 5.32 Å². The summed E-state index contributed by atoms with van der Waals surface area (Å²) in [7, 11) is 0. The lowest BCUT2D eigenvalue weighted by Gasteiger charge is -2.11. The second-order valence-electron chi connectivity index (χ2n) is 3.75. The SMILES string of the molecule is CSCC[C@@H](N)C(=O)NCCCCC(F)(F)F. The fourth-order valence-corrected chi connectivity index (χ4v) is 1.66. The number of amides is 1. The predicted octanol–water partition coefficient (Wildman–Crippen LogP) is 1.92. The standard InChI is InChI=1S/C10H19F3N2OS/c1-17-7-4-8(14)9(16)15-6-3-2-5-10(11,12)13/h8H,2-7,14H2,1H3,(H,15,16)/t8-/m1/s1. The van der Waals surface area contributed by atoms with Crippen molar-refractivity contribution in [2.45, 2.75) is 37.9 Å². The van der Waals surface area contributed by atoms with E-state index in [-0.39, 0.29) is 18.9 Å². The van der Waals surface area contributed by atoms with Gasteiger partial charge in [0.05, 0.1) is 6.04 Å². The molecular weight excluding hydrogens is 253 g/mol. The van der Waals surface area contributed by atoms with Crippen molar-refractivity contribution in [3.05, 3.63) is 0 Å². The van der Waals surface area contributed by atoms with Crippen LogP contribution >= 0.6 is 11.8 Å². The summed E-state index contributed by atoms with van der Waals surface area (Å²) in [5.41, 5.74) is 5.58.